The third-order valence-electron chi connectivity index (χ3n) is 16.0. The number of phenolic OH excluding ortho intramolecular Hbond substituents is 4. The minimum absolute atomic E-state index is 0.0552. The SMILES string of the molecule is CNC(CC(C)C)C(=O)NC1C(=O)NC(CC(N)=O)C(=O)NC2C(=O)NC3C(=O)NC(C(=O)NC(C(=O)O)c4cc(O)cc(O)c4-c4cc3ccc4O)C(OC3CC(C)(N)C(O)(O)C(C)O3)c3ccc(c(Cl)c3)Oc3cc2cc(c3O)Oc2ccc(cc2Cl)C1O. The Morgan fingerprint density at radius 1 is 0.736 bits per heavy atom. The summed E-state index contributed by atoms with van der Waals surface area (Å²) >= 11 is 13.8. The molecular formula is C60H65Cl2N9O20. The van der Waals surface area contributed by atoms with E-state index in [2.05, 4.69) is 37.2 Å². The van der Waals surface area contributed by atoms with Gasteiger partial charge in [0.25, 0.3) is 0 Å². The van der Waals surface area contributed by atoms with Crippen molar-refractivity contribution in [2.75, 3.05) is 7.05 Å². The average Bonchev–Trinajstić information content (AvgIpc) is 0.828. The third-order valence-corrected chi connectivity index (χ3v) is 16.5. The van der Waals surface area contributed by atoms with Gasteiger partial charge in [-0.1, -0.05) is 55.2 Å². The number of nitrogens with two attached hydrogens (primary N) is 2. The normalized spacial score (nSPS) is 26.0. The molecule has 6 aliphatic rings. The fraction of sp³-hybridized carbons (Fsp3) is 0.367. The number of benzene rings is 5. The van der Waals surface area contributed by atoms with Gasteiger partial charge in [-0.05, 0) is 110 Å². The van der Waals surface area contributed by atoms with Gasteiger partial charge in [-0.3, -0.25) is 33.6 Å². The minimum Gasteiger partial charge on any atom is -0.508 e. The average molecular weight is 1300 g/mol. The van der Waals surface area contributed by atoms with Crippen LogP contribution in [0.2, 0.25) is 10.0 Å². The van der Waals surface area contributed by atoms with Gasteiger partial charge in [-0.15, -0.1) is 0 Å². The zero-order valence-electron chi connectivity index (χ0n) is 48.9. The molecule has 7 amide bonds. The van der Waals surface area contributed by atoms with E-state index in [0.717, 1.165) is 42.5 Å². The van der Waals surface area contributed by atoms with Crippen LogP contribution in [0.25, 0.3) is 11.1 Å². The Morgan fingerprint density at radius 2 is 1.33 bits per heavy atom. The summed E-state index contributed by atoms with van der Waals surface area (Å²) in [6, 6.07) is 0.287. The molecule has 1 saturated heterocycles. The lowest BCUT2D eigenvalue weighted by atomic mass is 9.82. The minimum atomic E-state index is -2.69. The number of aliphatic carboxylic acids is 1. The molecule has 484 valence electrons. The summed E-state index contributed by atoms with van der Waals surface area (Å²) in [7, 11) is 1.49. The molecule has 1 fully saturated rings. The number of fused-ring (bicyclic) bond motifs is 15. The number of likely N-dealkylation sites (N-methyl/N-ethyl adjacent to an activating group) is 1. The molecule has 11 bridgehead atoms. The first-order valence-corrected chi connectivity index (χ1v) is 29.0. The molecule has 0 spiro atoms. The fourth-order valence-corrected chi connectivity index (χ4v) is 11.5. The highest BCUT2D eigenvalue weighted by molar-refractivity contribution is 6.32. The van der Waals surface area contributed by atoms with Crippen LogP contribution in [0.1, 0.15) is 105 Å². The summed E-state index contributed by atoms with van der Waals surface area (Å²) < 4.78 is 24.9. The number of halogens is 2. The van der Waals surface area contributed by atoms with Crippen LogP contribution in [0.4, 0.5) is 0 Å². The number of hydrogen-bond donors (Lipinski definition) is 17. The van der Waals surface area contributed by atoms with Crippen molar-refractivity contribution in [2.45, 2.75) is 125 Å². The van der Waals surface area contributed by atoms with E-state index in [-0.39, 0.29) is 56.1 Å². The number of ether oxygens (including phenoxy) is 4. The van der Waals surface area contributed by atoms with E-state index in [1.807, 2.05) is 13.8 Å². The molecule has 11 rings (SSSR count). The summed E-state index contributed by atoms with van der Waals surface area (Å²) in [5, 5.41) is 108. The molecule has 29 nitrogen and oxygen atoms in total. The number of aliphatic hydroxyl groups is 3. The molecule has 5 aromatic rings. The predicted octanol–water partition coefficient (Wildman–Crippen LogP) is 1.95. The predicted molar refractivity (Wildman–Crippen MR) is 318 cm³/mol. The largest absolute Gasteiger partial charge is 0.508 e. The smallest absolute Gasteiger partial charge is 0.330 e. The van der Waals surface area contributed by atoms with Gasteiger partial charge in [0.2, 0.25) is 52.9 Å². The zero-order chi connectivity index (χ0) is 66.5. The number of rotatable bonds is 10. The van der Waals surface area contributed by atoms with Crippen LogP contribution in [0.3, 0.4) is 0 Å². The van der Waals surface area contributed by atoms with E-state index < -0.39 is 190 Å². The second-order valence-electron chi connectivity index (χ2n) is 23.1. The van der Waals surface area contributed by atoms with Crippen molar-refractivity contribution in [3.05, 3.63) is 117 Å². The fourth-order valence-electron chi connectivity index (χ4n) is 11.1. The van der Waals surface area contributed by atoms with Gasteiger partial charge in [0.05, 0.1) is 28.0 Å². The van der Waals surface area contributed by atoms with Crippen LogP contribution < -0.4 is 58.2 Å². The Bertz CT molecular complexity index is 3780. The maximum Gasteiger partial charge on any atom is 0.330 e. The molecule has 91 heavy (non-hydrogen) atoms. The molecule has 0 radical (unpaired) electrons. The van der Waals surface area contributed by atoms with Crippen molar-refractivity contribution < 1.29 is 98.2 Å². The standard InChI is InChI=1S/C60H65Cl2N9O20/c1-22(2)12-33(65-5)52(78)70-47-49(76)25-7-10-37(31(61)14-25)89-39-16-27-17-40(50(39)77)90-38-11-8-26(15-32(38)62)51(91-42-21-59(4,64)60(86,87)23(3)88-42)48-57(83)69-46(58(84)85)30-18-28(72)19-36(74)43(30)29-13-24(6-9-35(29)73)44(54(80)71-48)68-55(81)45(27)67-53(79)34(20-41(63)75)66-56(47)82/h6-11,13-19,22-23,33-34,42,44-49,51,65,72-74,76-77,86-87H,12,20-21,64H2,1-5H3,(H2,63,75)(H,66,82)(H,67,79)(H,68,81)(H,69,83)(H,70,78)(H,71,80)(H,84,85). The van der Waals surface area contributed by atoms with E-state index in [1.165, 1.54) is 57.3 Å². The molecule has 31 heteroatoms. The first-order valence-electron chi connectivity index (χ1n) is 28.2. The Hall–Kier alpha value is -9.04. The number of carboxylic acids is 1. The zero-order valence-corrected chi connectivity index (χ0v) is 50.5. The molecule has 0 aliphatic carbocycles. The van der Waals surface area contributed by atoms with Gasteiger partial charge >= 0.3 is 5.97 Å². The maximum absolute atomic E-state index is 15.7. The quantitative estimate of drug-likeness (QED) is 0.0889. The molecule has 6 aliphatic heterocycles. The van der Waals surface area contributed by atoms with E-state index in [0.29, 0.717) is 0 Å². The van der Waals surface area contributed by atoms with Crippen LogP contribution in [-0.2, 0) is 47.8 Å². The number of carboxylic acid groups (broad SMARTS) is 1. The van der Waals surface area contributed by atoms with Gasteiger partial charge in [0.1, 0.15) is 77.3 Å². The lowest BCUT2D eigenvalue weighted by Gasteiger charge is -2.49. The van der Waals surface area contributed by atoms with Gasteiger partial charge in [-0.2, -0.15) is 0 Å². The Kier molecular flexibility index (Phi) is 19.0. The molecule has 12 atom stereocenters. The Balaban J connectivity index is 1.29. The molecule has 6 heterocycles. The van der Waals surface area contributed by atoms with Crippen LogP contribution in [0, 0.1) is 5.92 Å². The topological polar surface area (TPSA) is 472 Å². The molecule has 0 aromatic heterocycles. The summed E-state index contributed by atoms with van der Waals surface area (Å²) in [6.45, 7) is 6.17. The molecule has 12 unspecified atom stereocenters. The Morgan fingerprint density at radius 3 is 1.92 bits per heavy atom. The second kappa shape index (κ2) is 26.1. The number of hydrogen-bond acceptors (Lipinski definition) is 21. The van der Waals surface area contributed by atoms with Crippen molar-refractivity contribution in [1.82, 2.24) is 37.2 Å². The number of primary amides is 1. The van der Waals surface area contributed by atoms with Crippen LogP contribution in [-0.4, -0.2) is 143 Å². The van der Waals surface area contributed by atoms with Crippen LogP contribution in [0.5, 0.6) is 46.0 Å². The van der Waals surface area contributed by atoms with Crippen molar-refractivity contribution in [3.63, 3.8) is 0 Å². The highest BCUT2D eigenvalue weighted by atomic mass is 35.5. The van der Waals surface area contributed by atoms with Crippen LogP contribution >= 0.6 is 23.2 Å². The van der Waals surface area contributed by atoms with E-state index in [9.17, 15) is 60.0 Å². The summed E-state index contributed by atoms with van der Waals surface area (Å²) in [4.78, 5) is 117. The number of carbonyl (C=O) groups excluding carboxylic acids is 7. The third kappa shape index (κ3) is 13.7. The number of aromatic hydroxyl groups is 4. The Labute approximate surface area is 527 Å². The first kappa shape index (κ1) is 66.4. The van der Waals surface area contributed by atoms with E-state index in [4.69, 9.17) is 53.6 Å². The molecular weight excluding hydrogens is 1240 g/mol. The highest BCUT2D eigenvalue weighted by Gasteiger charge is 2.55. The molecule has 5 aromatic carbocycles. The van der Waals surface area contributed by atoms with E-state index in [1.54, 1.807) is 0 Å². The van der Waals surface area contributed by atoms with Crippen LogP contribution in [0.15, 0.2) is 78.9 Å². The summed E-state index contributed by atoms with van der Waals surface area (Å²) in [5.74, 6) is -18.1. The van der Waals surface area contributed by atoms with Crippen molar-refractivity contribution >= 4 is 70.5 Å². The number of nitrogens with one attached hydrogen (secondary N) is 7. The first-order chi connectivity index (χ1) is 42.8. The van der Waals surface area contributed by atoms with Crippen molar-refractivity contribution in [2.24, 2.45) is 17.4 Å². The number of phenols is 4. The molecule has 0 saturated carbocycles. The summed E-state index contributed by atoms with van der Waals surface area (Å²) in [5.41, 5.74) is 7.74. The van der Waals surface area contributed by atoms with Gasteiger partial charge in [0, 0.05) is 29.2 Å². The van der Waals surface area contributed by atoms with Gasteiger partial charge in [0.15, 0.2) is 23.8 Å². The number of aliphatic hydroxyl groups excluding tert-OH is 1. The highest BCUT2D eigenvalue weighted by Crippen LogP contribution is 2.48. The maximum atomic E-state index is 15.7. The van der Waals surface area contributed by atoms with Gasteiger partial charge < -0.3 is 108 Å². The van der Waals surface area contributed by atoms with Crippen molar-refractivity contribution in [3.8, 4) is 57.1 Å². The number of amides is 7. The number of carbonyl (C=O) groups is 8. The van der Waals surface area contributed by atoms with Gasteiger partial charge in [-0.25, -0.2) is 4.79 Å². The second-order valence-corrected chi connectivity index (χ2v) is 23.9. The monoisotopic (exact) mass is 1300 g/mol. The van der Waals surface area contributed by atoms with E-state index >= 15 is 19.2 Å². The summed E-state index contributed by atoms with van der Waals surface area (Å²) in [6.07, 6.45) is -8.35. The van der Waals surface area contributed by atoms with Crippen molar-refractivity contribution in [1.29, 1.82) is 0 Å². The molecule has 19 N–H and O–H groups in total. The lowest BCUT2D eigenvalue weighted by molar-refractivity contribution is -0.347. The lowest BCUT2D eigenvalue weighted by Crippen LogP contribution is -2.69.